The molecule has 17 heavy (non-hydrogen) atoms. The van der Waals surface area contributed by atoms with Crippen molar-refractivity contribution in [2.24, 2.45) is 5.92 Å². The molecule has 0 aromatic carbocycles. The van der Waals surface area contributed by atoms with Crippen LogP contribution >= 0.6 is 12.4 Å². The first-order valence-corrected chi connectivity index (χ1v) is 6.32. The maximum Gasteiger partial charge on any atom is 0.227 e. The third-order valence-corrected chi connectivity index (χ3v) is 3.38. The molecular formula is C12H23ClN2O2. The van der Waals surface area contributed by atoms with E-state index in [2.05, 4.69) is 5.32 Å². The van der Waals surface area contributed by atoms with Crippen molar-refractivity contribution >= 4 is 18.3 Å². The number of nitrogens with zero attached hydrogens (tertiary/aromatic N) is 1. The maximum atomic E-state index is 12.3. The summed E-state index contributed by atoms with van der Waals surface area (Å²) in [7, 11) is 0. The van der Waals surface area contributed by atoms with Crippen molar-refractivity contribution in [3.63, 3.8) is 0 Å². The Morgan fingerprint density at radius 1 is 1.29 bits per heavy atom. The van der Waals surface area contributed by atoms with Gasteiger partial charge in [0, 0.05) is 19.6 Å². The molecule has 100 valence electrons. The Labute approximate surface area is 109 Å². The second kappa shape index (κ2) is 6.57. The van der Waals surface area contributed by atoms with Gasteiger partial charge in [-0.25, -0.2) is 0 Å². The van der Waals surface area contributed by atoms with Gasteiger partial charge in [-0.2, -0.15) is 0 Å². The Morgan fingerprint density at radius 2 is 1.94 bits per heavy atom. The predicted octanol–water partition coefficient (Wildman–Crippen LogP) is 1.04. The highest BCUT2D eigenvalue weighted by Gasteiger charge is 2.30. The lowest BCUT2D eigenvalue weighted by Crippen LogP contribution is -2.52. The Hall–Kier alpha value is -0.320. The smallest absolute Gasteiger partial charge is 0.227 e. The van der Waals surface area contributed by atoms with Gasteiger partial charge in [0.1, 0.15) is 0 Å². The average Bonchev–Trinajstić information content (AvgIpc) is 2.28. The number of nitrogens with one attached hydrogen (secondary N) is 1. The van der Waals surface area contributed by atoms with Gasteiger partial charge in [0.25, 0.3) is 0 Å². The van der Waals surface area contributed by atoms with Crippen LogP contribution in [0, 0.1) is 5.92 Å². The minimum Gasteiger partial charge on any atom is -0.372 e. The number of carbonyl (C=O) groups excluding carboxylic acids is 1. The molecule has 2 unspecified atom stereocenters. The van der Waals surface area contributed by atoms with Gasteiger partial charge in [0.2, 0.25) is 5.91 Å². The fraction of sp³-hybridized carbons (Fsp3) is 0.917. The van der Waals surface area contributed by atoms with Crippen LogP contribution in [-0.4, -0.2) is 49.2 Å². The lowest BCUT2D eigenvalue weighted by Gasteiger charge is -2.37. The van der Waals surface area contributed by atoms with Crippen molar-refractivity contribution in [1.82, 2.24) is 10.2 Å². The van der Waals surface area contributed by atoms with E-state index in [1.807, 2.05) is 18.7 Å². The molecule has 0 aromatic rings. The zero-order valence-electron chi connectivity index (χ0n) is 10.6. The molecule has 0 bridgehead atoms. The normalized spacial score (nSPS) is 34.0. The first kappa shape index (κ1) is 14.7. The fourth-order valence-corrected chi connectivity index (χ4v) is 2.68. The van der Waals surface area contributed by atoms with Gasteiger partial charge >= 0.3 is 0 Å². The largest absolute Gasteiger partial charge is 0.372 e. The zero-order valence-corrected chi connectivity index (χ0v) is 11.5. The third-order valence-electron chi connectivity index (χ3n) is 3.38. The second-order valence-corrected chi connectivity index (χ2v) is 5.04. The molecule has 4 nitrogen and oxygen atoms in total. The number of piperidine rings is 1. The van der Waals surface area contributed by atoms with E-state index in [0.717, 1.165) is 39.0 Å². The van der Waals surface area contributed by atoms with E-state index in [4.69, 9.17) is 4.74 Å². The van der Waals surface area contributed by atoms with E-state index in [-0.39, 0.29) is 30.5 Å². The minimum atomic E-state index is 0. The van der Waals surface area contributed by atoms with E-state index in [0.29, 0.717) is 5.91 Å². The van der Waals surface area contributed by atoms with E-state index >= 15 is 0 Å². The zero-order chi connectivity index (χ0) is 11.5. The molecule has 3 atom stereocenters. The van der Waals surface area contributed by atoms with Crippen molar-refractivity contribution in [2.75, 3.05) is 26.2 Å². The average molecular weight is 263 g/mol. The summed E-state index contributed by atoms with van der Waals surface area (Å²) < 4.78 is 5.64. The molecule has 0 saturated carbocycles. The number of carbonyl (C=O) groups is 1. The topological polar surface area (TPSA) is 41.6 Å². The summed E-state index contributed by atoms with van der Waals surface area (Å²) in [6.45, 7) is 7.47. The first-order chi connectivity index (χ1) is 7.66. The Morgan fingerprint density at radius 3 is 2.47 bits per heavy atom. The molecule has 2 heterocycles. The van der Waals surface area contributed by atoms with Crippen LogP contribution < -0.4 is 5.32 Å². The van der Waals surface area contributed by atoms with Crippen LogP contribution in [0.2, 0.25) is 0 Å². The first-order valence-electron chi connectivity index (χ1n) is 6.32. The van der Waals surface area contributed by atoms with Gasteiger partial charge in [-0.05, 0) is 33.2 Å². The molecule has 1 N–H and O–H groups in total. The number of rotatable bonds is 1. The number of halogens is 1. The number of ether oxygens (including phenoxy) is 1. The molecule has 2 aliphatic rings. The van der Waals surface area contributed by atoms with E-state index in [1.165, 1.54) is 0 Å². The summed E-state index contributed by atoms with van der Waals surface area (Å²) >= 11 is 0. The van der Waals surface area contributed by atoms with Crippen molar-refractivity contribution in [3.05, 3.63) is 0 Å². The molecule has 2 rings (SSSR count). The number of morpholine rings is 1. The molecule has 0 aliphatic carbocycles. The SMILES string of the molecule is CC1CN(C(=O)[C@@H]2CCCNC2)CC(C)O1.Cl. The molecule has 2 saturated heterocycles. The van der Waals surface area contributed by atoms with Gasteiger partial charge < -0.3 is 15.0 Å². The van der Waals surface area contributed by atoms with Crippen LogP contribution in [0.5, 0.6) is 0 Å². The maximum absolute atomic E-state index is 12.3. The van der Waals surface area contributed by atoms with Gasteiger partial charge in [-0.3, -0.25) is 4.79 Å². The van der Waals surface area contributed by atoms with Crippen LogP contribution in [0.1, 0.15) is 26.7 Å². The summed E-state index contributed by atoms with van der Waals surface area (Å²) in [5.74, 6) is 0.500. The highest BCUT2D eigenvalue weighted by atomic mass is 35.5. The number of amides is 1. The van der Waals surface area contributed by atoms with Crippen LogP contribution in [0.4, 0.5) is 0 Å². The summed E-state index contributed by atoms with van der Waals surface area (Å²) in [4.78, 5) is 14.3. The van der Waals surface area contributed by atoms with Crippen molar-refractivity contribution < 1.29 is 9.53 Å². The fourth-order valence-electron chi connectivity index (χ4n) is 2.68. The number of hydrogen-bond donors (Lipinski definition) is 1. The van der Waals surface area contributed by atoms with Crippen LogP contribution in [-0.2, 0) is 9.53 Å². The Kier molecular flexibility index (Phi) is 5.70. The molecule has 0 aromatic heterocycles. The van der Waals surface area contributed by atoms with Gasteiger partial charge in [-0.15, -0.1) is 12.4 Å². The molecule has 2 aliphatic heterocycles. The van der Waals surface area contributed by atoms with Crippen LogP contribution in [0.25, 0.3) is 0 Å². The quantitative estimate of drug-likeness (QED) is 0.768. The summed E-state index contributed by atoms with van der Waals surface area (Å²) in [6, 6.07) is 0. The monoisotopic (exact) mass is 262 g/mol. The number of hydrogen-bond acceptors (Lipinski definition) is 3. The van der Waals surface area contributed by atoms with Gasteiger partial charge in [-0.1, -0.05) is 0 Å². The van der Waals surface area contributed by atoms with E-state index in [1.54, 1.807) is 0 Å². The Balaban J connectivity index is 0.00000144. The summed E-state index contributed by atoms with van der Waals surface area (Å²) in [5.41, 5.74) is 0. The van der Waals surface area contributed by atoms with Crippen molar-refractivity contribution in [3.8, 4) is 0 Å². The van der Waals surface area contributed by atoms with Crippen molar-refractivity contribution in [2.45, 2.75) is 38.9 Å². The van der Waals surface area contributed by atoms with Crippen LogP contribution in [0.3, 0.4) is 0 Å². The summed E-state index contributed by atoms with van der Waals surface area (Å²) in [6.07, 6.45) is 2.49. The van der Waals surface area contributed by atoms with Crippen molar-refractivity contribution in [1.29, 1.82) is 0 Å². The summed E-state index contributed by atoms with van der Waals surface area (Å²) in [5, 5.41) is 3.30. The van der Waals surface area contributed by atoms with E-state index < -0.39 is 0 Å². The second-order valence-electron chi connectivity index (χ2n) is 5.04. The van der Waals surface area contributed by atoms with E-state index in [9.17, 15) is 4.79 Å². The molecule has 5 heteroatoms. The molecule has 0 radical (unpaired) electrons. The standard InChI is InChI=1S/C12H22N2O2.ClH/c1-9-7-14(8-10(2)16-9)12(15)11-4-3-5-13-6-11;/h9-11,13H,3-8H2,1-2H3;1H/t9?,10?,11-;/m1./s1. The molecule has 1 amide bonds. The molecule has 2 fully saturated rings. The van der Waals surface area contributed by atoms with Gasteiger partial charge in [0.05, 0.1) is 18.1 Å². The third kappa shape index (κ3) is 3.83. The predicted molar refractivity (Wildman–Crippen MR) is 69.4 cm³/mol. The highest BCUT2D eigenvalue weighted by molar-refractivity contribution is 5.85. The lowest BCUT2D eigenvalue weighted by atomic mass is 9.97. The molecular weight excluding hydrogens is 240 g/mol. The minimum absolute atomic E-state index is 0. The Bertz CT molecular complexity index is 247. The lowest BCUT2D eigenvalue weighted by molar-refractivity contribution is -0.147. The van der Waals surface area contributed by atoms with Crippen LogP contribution in [0.15, 0.2) is 0 Å². The van der Waals surface area contributed by atoms with Gasteiger partial charge in [0.15, 0.2) is 0 Å². The highest BCUT2D eigenvalue weighted by Crippen LogP contribution is 2.17. The molecule has 0 spiro atoms.